The Morgan fingerprint density at radius 2 is 2.05 bits per heavy atom. The summed E-state index contributed by atoms with van der Waals surface area (Å²) in [6, 6.07) is 5.67. The molecule has 22 heavy (non-hydrogen) atoms. The molecule has 0 bridgehead atoms. The maximum absolute atomic E-state index is 12.1. The molecule has 7 heteroatoms. The zero-order chi connectivity index (χ0) is 16.3. The van der Waals surface area contributed by atoms with Crippen molar-refractivity contribution in [2.75, 3.05) is 11.9 Å². The topological polar surface area (TPSA) is 78.5 Å². The highest BCUT2D eigenvalue weighted by atomic mass is 35.5. The minimum atomic E-state index is -0.555. The van der Waals surface area contributed by atoms with Crippen molar-refractivity contribution in [2.24, 2.45) is 5.92 Å². The van der Waals surface area contributed by atoms with Crippen molar-refractivity contribution in [1.29, 1.82) is 0 Å². The van der Waals surface area contributed by atoms with E-state index in [1.54, 1.807) is 24.3 Å². The molecule has 0 aromatic heterocycles. The number of rotatable bonds is 5. The zero-order valence-electron chi connectivity index (χ0n) is 12.4. The summed E-state index contributed by atoms with van der Waals surface area (Å²) in [4.78, 5) is 36.9. The summed E-state index contributed by atoms with van der Waals surface area (Å²) in [7, 11) is 0. The molecule has 1 aromatic carbocycles. The molecular weight excluding hydrogens is 306 g/mol. The maximum atomic E-state index is 12.1. The SMILES string of the molecule is CC(C)CC1NC(=O)N(CC(=O)Nc2ccccc2Cl)C1=O. The molecule has 0 saturated carbocycles. The van der Waals surface area contributed by atoms with Gasteiger partial charge in [-0.15, -0.1) is 0 Å². The van der Waals surface area contributed by atoms with E-state index in [4.69, 9.17) is 11.6 Å². The Kier molecular flexibility index (Phi) is 5.03. The number of nitrogens with one attached hydrogen (secondary N) is 2. The number of urea groups is 1. The van der Waals surface area contributed by atoms with Crippen LogP contribution in [0, 0.1) is 5.92 Å². The smallest absolute Gasteiger partial charge is 0.325 e. The molecule has 118 valence electrons. The second kappa shape index (κ2) is 6.79. The maximum Gasteiger partial charge on any atom is 0.325 e. The monoisotopic (exact) mass is 323 g/mol. The molecule has 2 N–H and O–H groups in total. The van der Waals surface area contributed by atoms with E-state index >= 15 is 0 Å². The Labute approximate surface area is 133 Å². The van der Waals surface area contributed by atoms with E-state index in [0.717, 1.165) is 4.90 Å². The number of carbonyl (C=O) groups is 3. The minimum absolute atomic E-state index is 0.270. The van der Waals surface area contributed by atoms with E-state index in [1.165, 1.54) is 0 Å². The lowest BCUT2D eigenvalue weighted by atomic mass is 10.0. The molecule has 1 saturated heterocycles. The average Bonchev–Trinajstić information content (AvgIpc) is 2.68. The molecular formula is C15H18ClN3O3. The van der Waals surface area contributed by atoms with E-state index in [2.05, 4.69) is 10.6 Å². The highest BCUT2D eigenvalue weighted by Crippen LogP contribution is 2.20. The van der Waals surface area contributed by atoms with E-state index in [0.29, 0.717) is 17.1 Å². The summed E-state index contributed by atoms with van der Waals surface area (Å²) in [6.45, 7) is 3.60. The van der Waals surface area contributed by atoms with Gasteiger partial charge in [-0.2, -0.15) is 0 Å². The Balaban J connectivity index is 1.98. The van der Waals surface area contributed by atoms with Gasteiger partial charge in [-0.05, 0) is 24.5 Å². The predicted molar refractivity (Wildman–Crippen MR) is 83.6 cm³/mol. The van der Waals surface area contributed by atoms with Crippen molar-refractivity contribution in [1.82, 2.24) is 10.2 Å². The van der Waals surface area contributed by atoms with Gasteiger partial charge in [0, 0.05) is 0 Å². The molecule has 1 fully saturated rings. The van der Waals surface area contributed by atoms with Gasteiger partial charge in [0.15, 0.2) is 0 Å². The zero-order valence-corrected chi connectivity index (χ0v) is 13.2. The normalized spacial score (nSPS) is 17.8. The molecule has 1 aliphatic heterocycles. The second-order valence-corrected chi connectivity index (χ2v) is 5.99. The second-order valence-electron chi connectivity index (χ2n) is 5.58. The molecule has 0 spiro atoms. The number of hydrogen-bond acceptors (Lipinski definition) is 3. The van der Waals surface area contributed by atoms with Crippen LogP contribution >= 0.6 is 11.6 Å². The van der Waals surface area contributed by atoms with Gasteiger partial charge in [-0.3, -0.25) is 14.5 Å². The van der Waals surface area contributed by atoms with Crippen molar-refractivity contribution < 1.29 is 14.4 Å². The number of amides is 4. The number of carbonyl (C=O) groups excluding carboxylic acids is 3. The van der Waals surface area contributed by atoms with Crippen LogP contribution in [0.15, 0.2) is 24.3 Å². The van der Waals surface area contributed by atoms with E-state index in [9.17, 15) is 14.4 Å². The van der Waals surface area contributed by atoms with Gasteiger partial charge in [-0.25, -0.2) is 4.79 Å². The Morgan fingerprint density at radius 1 is 1.36 bits per heavy atom. The third kappa shape index (κ3) is 3.76. The number of halogens is 1. The standard InChI is InChI=1S/C15H18ClN3O3/c1-9(2)7-12-14(21)19(15(22)18-12)8-13(20)17-11-6-4-3-5-10(11)16/h3-6,9,12H,7-8H2,1-2H3,(H,17,20)(H,18,22). The lowest BCUT2D eigenvalue weighted by molar-refractivity contribution is -0.131. The Bertz CT molecular complexity index is 603. The van der Waals surface area contributed by atoms with Crippen LogP contribution in [0.4, 0.5) is 10.5 Å². The fourth-order valence-corrected chi connectivity index (χ4v) is 2.44. The summed E-state index contributed by atoms with van der Waals surface area (Å²) in [5, 5.41) is 5.58. The highest BCUT2D eigenvalue weighted by Gasteiger charge is 2.38. The third-order valence-electron chi connectivity index (χ3n) is 3.26. The van der Waals surface area contributed by atoms with Crippen molar-refractivity contribution in [2.45, 2.75) is 26.3 Å². The minimum Gasteiger partial charge on any atom is -0.326 e. The van der Waals surface area contributed by atoms with E-state index in [1.807, 2.05) is 13.8 Å². The first-order chi connectivity index (χ1) is 10.4. The van der Waals surface area contributed by atoms with E-state index < -0.39 is 18.0 Å². The van der Waals surface area contributed by atoms with Crippen LogP contribution in [0.25, 0.3) is 0 Å². The predicted octanol–water partition coefficient (Wildman–Crippen LogP) is 2.25. The van der Waals surface area contributed by atoms with Gasteiger partial charge in [0.2, 0.25) is 5.91 Å². The first-order valence-electron chi connectivity index (χ1n) is 7.04. The average molecular weight is 324 g/mol. The summed E-state index contributed by atoms with van der Waals surface area (Å²) < 4.78 is 0. The number of para-hydroxylation sites is 1. The van der Waals surface area contributed by atoms with Gasteiger partial charge in [0.1, 0.15) is 12.6 Å². The molecule has 1 heterocycles. The summed E-state index contributed by atoms with van der Waals surface area (Å²) in [5.74, 6) is -0.569. The number of nitrogens with zero attached hydrogens (tertiary/aromatic N) is 1. The lowest BCUT2D eigenvalue weighted by Crippen LogP contribution is -2.38. The quantitative estimate of drug-likeness (QED) is 0.816. The van der Waals surface area contributed by atoms with Crippen molar-refractivity contribution in [3.8, 4) is 0 Å². The number of benzene rings is 1. The highest BCUT2D eigenvalue weighted by molar-refractivity contribution is 6.33. The lowest BCUT2D eigenvalue weighted by Gasteiger charge is -2.14. The Hall–Kier alpha value is -2.08. The number of anilines is 1. The van der Waals surface area contributed by atoms with Crippen molar-refractivity contribution in [3.05, 3.63) is 29.3 Å². The molecule has 2 rings (SSSR count). The largest absolute Gasteiger partial charge is 0.326 e. The van der Waals surface area contributed by atoms with Crippen molar-refractivity contribution in [3.63, 3.8) is 0 Å². The van der Waals surface area contributed by atoms with Crippen molar-refractivity contribution >= 4 is 35.1 Å². The number of imide groups is 1. The fraction of sp³-hybridized carbons (Fsp3) is 0.400. The summed E-state index contributed by atoms with van der Waals surface area (Å²) >= 11 is 5.95. The Morgan fingerprint density at radius 3 is 2.68 bits per heavy atom. The van der Waals surface area contributed by atoms with Crippen LogP contribution in [-0.2, 0) is 9.59 Å². The van der Waals surface area contributed by atoms with E-state index in [-0.39, 0.29) is 18.4 Å². The van der Waals surface area contributed by atoms with Gasteiger partial charge < -0.3 is 10.6 Å². The van der Waals surface area contributed by atoms with Crippen LogP contribution in [0.5, 0.6) is 0 Å². The summed E-state index contributed by atoms with van der Waals surface area (Å²) in [6.07, 6.45) is 0.549. The van der Waals surface area contributed by atoms with Gasteiger partial charge >= 0.3 is 6.03 Å². The van der Waals surface area contributed by atoms with Gasteiger partial charge in [0.05, 0.1) is 10.7 Å². The molecule has 1 atom stereocenters. The molecule has 0 radical (unpaired) electrons. The van der Waals surface area contributed by atoms with Gasteiger partial charge in [-0.1, -0.05) is 37.6 Å². The fourth-order valence-electron chi connectivity index (χ4n) is 2.25. The van der Waals surface area contributed by atoms with Gasteiger partial charge in [0.25, 0.3) is 5.91 Å². The van der Waals surface area contributed by atoms with Crippen LogP contribution in [0.1, 0.15) is 20.3 Å². The summed E-state index contributed by atoms with van der Waals surface area (Å²) in [5.41, 5.74) is 0.444. The van der Waals surface area contributed by atoms with Crippen LogP contribution in [0.2, 0.25) is 5.02 Å². The molecule has 6 nitrogen and oxygen atoms in total. The first kappa shape index (κ1) is 16.3. The first-order valence-corrected chi connectivity index (χ1v) is 7.42. The molecule has 4 amide bonds. The van der Waals surface area contributed by atoms with Crippen LogP contribution < -0.4 is 10.6 Å². The van der Waals surface area contributed by atoms with Crippen LogP contribution in [-0.4, -0.2) is 35.3 Å². The number of hydrogen-bond donors (Lipinski definition) is 2. The third-order valence-corrected chi connectivity index (χ3v) is 3.59. The molecule has 1 unspecified atom stereocenters. The van der Waals surface area contributed by atoms with Crippen LogP contribution in [0.3, 0.4) is 0 Å². The molecule has 0 aliphatic carbocycles. The molecule has 1 aliphatic rings. The molecule has 1 aromatic rings.